The van der Waals surface area contributed by atoms with Gasteiger partial charge in [-0.05, 0) is 29.0 Å². The number of esters is 1. The average Bonchev–Trinajstić information content (AvgIpc) is 3.13. The third kappa shape index (κ3) is 7.72. The minimum absolute atomic E-state index is 0.0498. The Morgan fingerprint density at radius 2 is 1.85 bits per heavy atom. The van der Waals surface area contributed by atoms with Gasteiger partial charge in [0, 0.05) is 12.5 Å². The van der Waals surface area contributed by atoms with Crippen LogP contribution in [0.1, 0.15) is 24.2 Å². The van der Waals surface area contributed by atoms with Crippen molar-refractivity contribution in [2.75, 3.05) is 6.61 Å². The molecule has 1 aromatic heterocycles. The molecule has 3 aromatic rings. The van der Waals surface area contributed by atoms with Gasteiger partial charge in [-0.15, -0.1) is 0 Å². The summed E-state index contributed by atoms with van der Waals surface area (Å²) in [5.74, 6) is -1.33. The highest BCUT2D eigenvalue weighted by Gasteiger charge is 2.21. The Morgan fingerprint density at radius 1 is 1.24 bits per heavy atom. The van der Waals surface area contributed by atoms with Gasteiger partial charge in [0.1, 0.15) is 25.2 Å². The lowest BCUT2D eigenvalue weighted by molar-refractivity contribution is -0.392. The minimum atomic E-state index is -4.67. The maximum Gasteiger partial charge on any atom is 0.394 e. The average molecular weight is 495 g/mol. The van der Waals surface area contributed by atoms with Crippen molar-refractivity contribution in [2.24, 2.45) is 0 Å². The van der Waals surface area contributed by atoms with Crippen molar-refractivity contribution in [3.63, 3.8) is 0 Å². The van der Waals surface area contributed by atoms with Crippen LogP contribution in [0.3, 0.4) is 0 Å². The summed E-state index contributed by atoms with van der Waals surface area (Å²) >= 11 is 0. The number of aryl methyl sites for hydroxylation is 1. The Bertz CT molecular complexity index is 1250. The fraction of sp³-hybridized carbons (Fsp3) is 0.238. The van der Waals surface area contributed by atoms with E-state index in [1.165, 1.54) is 10.6 Å². The lowest BCUT2D eigenvalue weighted by Gasteiger charge is -2.13. The smallest absolute Gasteiger partial charge is 0.394 e. The number of nitrogens with zero attached hydrogens (tertiary/aromatic N) is 3. The number of hydrogen-bond acceptors (Lipinski definition) is 7. The maximum absolute atomic E-state index is 14.5. The number of imidazole rings is 1. The molecule has 11 nitrogen and oxygen atoms in total. The van der Waals surface area contributed by atoms with E-state index < -0.39 is 33.0 Å². The Hall–Kier alpha value is -3.68. The molecule has 1 atom stereocenters. The molecular weight excluding hydrogens is 473 g/mol. The van der Waals surface area contributed by atoms with Crippen LogP contribution in [0.15, 0.2) is 54.7 Å². The highest BCUT2D eigenvalue weighted by molar-refractivity contribution is 7.79. The molecule has 0 bridgehead atoms. The van der Waals surface area contributed by atoms with Crippen molar-refractivity contribution in [1.82, 2.24) is 9.55 Å². The molecule has 0 radical (unpaired) electrons. The van der Waals surface area contributed by atoms with Gasteiger partial charge in [0.15, 0.2) is 5.82 Å². The first kappa shape index (κ1) is 26.6. The van der Waals surface area contributed by atoms with Crippen molar-refractivity contribution in [3.05, 3.63) is 82.0 Å². The summed E-state index contributed by atoms with van der Waals surface area (Å²) in [6, 6.07) is 13.8. The first-order valence-electron chi connectivity index (χ1n) is 9.76. The summed E-state index contributed by atoms with van der Waals surface area (Å²) in [4.78, 5) is 26.7. The molecule has 0 saturated heterocycles. The van der Waals surface area contributed by atoms with Gasteiger partial charge in [0.25, 0.3) is 0 Å². The third-order valence-corrected chi connectivity index (χ3v) is 4.71. The van der Waals surface area contributed by atoms with Crippen molar-refractivity contribution in [1.29, 1.82) is 0 Å². The molecule has 2 N–H and O–H groups in total. The largest absolute Gasteiger partial charge is 0.461 e. The van der Waals surface area contributed by atoms with Gasteiger partial charge in [-0.25, -0.2) is 13.9 Å². The second kappa shape index (κ2) is 11.4. The van der Waals surface area contributed by atoms with Crippen molar-refractivity contribution in [3.8, 4) is 11.1 Å². The van der Waals surface area contributed by atoms with Crippen LogP contribution in [0.4, 0.5) is 10.2 Å². The lowest BCUT2D eigenvalue weighted by atomic mass is 9.97. The molecule has 13 heteroatoms. The predicted octanol–water partition coefficient (Wildman–Crippen LogP) is 3.60. The van der Waals surface area contributed by atoms with E-state index in [4.69, 9.17) is 22.3 Å². The van der Waals surface area contributed by atoms with Crippen LogP contribution >= 0.6 is 0 Å². The molecule has 0 saturated carbocycles. The molecule has 1 heterocycles. The summed E-state index contributed by atoms with van der Waals surface area (Å²) in [6.45, 7) is 3.33. The molecule has 0 aliphatic heterocycles. The predicted molar refractivity (Wildman–Crippen MR) is 119 cm³/mol. The number of carbonyl (C=O) groups is 1. The number of aromatic nitrogens is 2. The summed E-state index contributed by atoms with van der Waals surface area (Å²) < 4.78 is 52.7. The second-order valence-electron chi connectivity index (χ2n) is 7.01. The van der Waals surface area contributed by atoms with Gasteiger partial charge in [-0.1, -0.05) is 42.5 Å². The van der Waals surface area contributed by atoms with E-state index in [-0.39, 0.29) is 19.0 Å². The highest BCUT2D eigenvalue weighted by Crippen LogP contribution is 2.26. The first-order valence-corrected chi connectivity index (χ1v) is 11.2. The minimum Gasteiger partial charge on any atom is -0.461 e. The molecule has 0 aliphatic carbocycles. The number of carbonyl (C=O) groups excluding carboxylic acids is 1. The lowest BCUT2D eigenvalue weighted by Crippen LogP contribution is -2.17. The summed E-state index contributed by atoms with van der Waals surface area (Å²) in [5, 5.41) is 11.0. The van der Waals surface area contributed by atoms with E-state index in [2.05, 4.69) is 4.98 Å². The fourth-order valence-electron chi connectivity index (χ4n) is 3.03. The van der Waals surface area contributed by atoms with Gasteiger partial charge in [0.05, 0.1) is 5.92 Å². The molecule has 0 amide bonds. The number of hydrogen-bond donors (Lipinski definition) is 2. The standard InChI is InChI=1S/C21H20FN3O4.H2O4S/c1-14(17-8-9-18(19(22)12-17)16-6-4-3-5-7-16)21(26)29-11-10-24-15(2)23-13-20(24)25(27)28;1-5(2,3)4/h3-9,12-14H,10-11H2,1-2H3;(H2,1,2,3,4)/t14-;/m0./s1. The highest BCUT2D eigenvalue weighted by atomic mass is 32.3. The zero-order valence-electron chi connectivity index (χ0n) is 18.2. The second-order valence-corrected chi connectivity index (χ2v) is 7.91. The molecule has 0 spiro atoms. The molecule has 3 rings (SSSR count). The Kier molecular flexibility index (Phi) is 8.95. The van der Waals surface area contributed by atoms with E-state index >= 15 is 0 Å². The Labute approximate surface area is 194 Å². The van der Waals surface area contributed by atoms with Crippen molar-refractivity contribution in [2.45, 2.75) is 26.3 Å². The van der Waals surface area contributed by atoms with E-state index in [0.29, 0.717) is 17.0 Å². The van der Waals surface area contributed by atoms with Crippen LogP contribution in [0.2, 0.25) is 0 Å². The number of ether oxygens (including phenoxy) is 1. The Morgan fingerprint density at radius 3 is 2.41 bits per heavy atom. The molecule has 182 valence electrons. The molecule has 0 unspecified atom stereocenters. The third-order valence-electron chi connectivity index (χ3n) is 4.71. The fourth-order valence-corrected chi connectivity index (χ4v) is 3.03. The summed E-state index contributed by atoms with van der Waals surface area (Å²) in [6.07, 6.45) is 1.16. The molecule has 2 aromatic carbocycles. The van der Waals surface area contributed by atoms with E-state index in [1.807, 2.05) is 30.3 Å². The Balaban J connectivity index is 0.000000739. The van der Waals surface area contributed by atoms with Crippen LogP contribution in [0.25, 0.3) is 11.1 Å². The first-order chi connectivity index (χ1) is 15.9. The summed E-state index contributed by atoms with van der Waals surface area (Å²) in [7, 11) is -4.67. The number of benzene rings is 2. The maximum atomic E-state index is 14.5. The number of nitro groups is 1. The van der Waals surface area contributed by atoms with Gasteiger partial charge >= 0.3 is 22.2 Å². The van der Waals surface area contributed by atoms with Gasteiger partial charge < -0.3 is 14.9 Å². The van der Waals surface area contributed by atoms with Crippen molar-refractivity contribution >= 4 is 22.2 Å². The molecular formula is C21H22FN3O8S. The van der Waals surface area contributed by atoms with Crippen LogP contribution in [0, 0.1) is 22.9 Å². The van der Waals surface area contributed by atoms with Crippen LogP contribution in [0.5, 0.6) is 0 Å². The zero-order chi connectivity index (χ0) is 25.5. The van der Waals surface area contributed by atoms with Gasteiger partial charge in [0.2, 0.25) is 0 Å². The van der Waals surface area contributed by atoms with E-state index in [9.17, 15) is 19.3 Å². The van der Waals surface area contributed by atoms with Crippen molar-refractivity contribution < 1.29 is 36.4 Å². The summed E-state index contributed by atoms with van der Waals surface area (Å²) in [5.41, 5.74) is 1.71. The van der Waals surface area contributed by atoms with Crippen LogP contribution in [-0.4, -0.2) is 44.6 Å². The van der Waals surface area contributed by atoms with Gasteiger partial charge in [-0.2, -0.15) is 8.42 Å². The topological polar surface area (TPSA) is 162 Å². The SMILES string of the molecule is Cc1ncc([N+](=O)[O-])n1CCOC(=O)[C@@H](C)c1ccc(-c2ccccc2)c(F)c1.O=S(=O)(O)O. The van der Waals surface area contributed by atoms with E-state index in [1.54, 1.807) is 26.0 Å². The van der Waals surface area contributed by atoms with E-state index in [0.717, 1.165) is 11.8 Å². The van der Waals surface area contributed by atoms with Crippen LogP contribution < -0.4 is 0 Å². The quantitative estimate of drug-likeness (QED) is 0.216. The molecule has 0 fully saturated rings. The van der Waals surface area contributed by atoms with Crippen LogP contribution in [-0.2, 0) is 26.5 Å². The number of rotatable bonds is 7. The zero-order valence-corrected chi connectivity index (χ0v) is 19.0. The monoisotopic (exact) mass is 495 g/mol. The molecule has 34 heavy (non-hydrogen) atoms. The molecule has 0 aliphatic rings. The number of halogens is 1. The normalized spacial score (nSPS) is 11.8. The van der Waals surface area contributed by atoms with Gasteiger partial charge in [-0.3, -0.25) is 13.9 Å².